The first-order valence-corrected chi connectivity index (χ1v) is 28.8. The van der Waals surface area contributed by atoms with Crippen molar-refractivity contribution in [2.24, 2.45) is 0 Å². The van der Waals surface area contributed by atoms with Crippen molar-refractivity contribution in [3.05, 3.63) is 206 Å². The molecule has 0 amide bonds. The molecule has 396 valence electrons. The number of fused-ring (bicyclic) bond motifs is 2. The van der Waals surface area contributed by atoms with Crippen molar-refractivity contribution in [2.45, 2.75) is 50.9 Å². The van der Waals surface area contributed by atoms with E-state index in [4.69, 9.17) is 0 Å². The van der Waals surface area contributed by atoms with Crippen molar-refractivity contribution in [3.8, 4) is 5.69 Å². The van der Waals surface area contributed by atoms with Gasteiger partial charge in [0.1, 0.15) is 12.6 Å². The van der Waals surface area contributed by atoms with Crippen LogP contribution in [0.15, 0.2) is 172 Å². The topological polar surface area (TPSA) is 169 Å². The van der Waals surface area contributed by atoms with Crippen LogP contribution in [0.4, 0.5) is 11.6 Å². The van der Waals surface area contributed by atoms with Crippen LogP contribution in [0.25, 0.3) is 27.2 Å². The number of aldehydes is 2. The van der Waals surface area contributed by atoms with Gasteiger partial charge in [-0.3, -0.25) is 33.5 Å². The zero-order valence-electron chi connectivity index (χ0n) is 42.2. The van der Waals surface area contributed by atoms with Gasteiger partial charge in [-0.15, -0.1) is 0 Å². The third-order valence-corrected chi connectivity index (χ3v) is 13.3. The van der Waals surface area contributed by atoms with Crippen LogP contribution in [0.5, 0.6) is 0 Å². The fourth-order valence-corrected chi connectivity index (χ4v) is 8.99. The van der Waals surface area contributed by atoms with Gasteiger partial charge in [0.25, 0.3) is 11.1 Å². The summed E-state index contributed by atoms with van der Waals surface area (Å²) in [5.41, 5.74) is 4.34. The Bertz CT molecular complexity index is 3110. The number of nitrogens with zero attached hydrogens (tertiary/aromatic N) is 5. The standard InChI is InChI=1S/C27H26N4O2.C20H22N4O.C7H5BrO.C4H12N2.Cu.HI/c32-19-20-6-9-25(10-7-20)31-16-13-28-26(27(31)33)29-24-11-14-30(15-12-24)18-21-5-8-22-3-1-2-4-23(22)17-21;25-20-19(21-9-10-22-20)23-18-7-11-24(12-8-18)14-15-5-6-16-3-1-2-4-17(16)13-15;8-7-3-1-6(5-9)2-4-7;1-5-3-4-6-2;;/h1-10,13,16-17,19,24H,11-12,14-15,18H2,(H,28,29);1-6,9-10,13,18H,7-8,11-12,14H2,(H,21,23)(H,22,25);1-5H;5-6H,3-4H2,1-2H3;;1H/q;;;;+1;/p-1. The van der Waals surface area contributed by atoms with E-state index in [-0.39, 0.29) is 17.2 Å². The van der Waals surface area contributed by atoms with Crippen molar-refractivity contribution < 1.29 is 22.4 Å². The fraction of sp³-hybridized carbons (Fsp3) is 0.276. The third kappa shape index (κ3) is 18.7. The minimum atomic E-state index is -0.185. The molecule has 14 nitrogen and oxygen atoms in total. The summed E-state index contributed by atoms with van der Waals surface area (Å²) >= 11 is 9.13. The number of rotatable bonds is 14. The van der Waals surface area contributed by atoms with Gasteiger partial charge in [0.2, 0.25) is 0 Å². The van der Waals surface area contributed by atoms with E-state index in [0.717, 1.165) is 95.1 Å². The molecule has 0 spiro atoms. The molecule has 0 atom stereocenters. The van der Waals surface area contributed by atoms with Crippen molar-refractivity contribution in [1.29, 1.82) is 0 Å². The number of aromatic nitrogens is 4. The van der Waals surface area contributed by atoms with Crippen LogP contribution in [-0.4, -0.2) is 107 Å². The molecule has 10 rings (SSSR count). The Balaban J connectivity index is 0.000000190. The summed E-state index contributed by atoms with van der Waals surface area (Å²) in [7, 11) is 3.88. The number of anilines is 2. The number of nitrogens with one attached hydrogen (secondary N) is 5. The van der Waals surface area contributed by atoms with Crippen LogP contribution >= 0.6 is 36.3 Å². The summed E-state index contributed by atoms with van der Waals surface area (Å²) in [4.78, 5) is 61.7. The zero-order valence-corrected chi connectivity index (χ0v) is 46.9. The van der Waals surface area contributed by atoms with E-state index in [1.807, 2.05) is 26.2 Å². The van der Waals surface area contributed by atoms with Crippen molar-refractivity contribution in [2.75, 3.05) is 64.0 Å². The average Bonchev–Trinajstić information content (AvgIpc) is 3.46. The second-order valence-corrected chi connectivity index (χ2v) is 19.0. The average molecular weight is 1240 g/mol. The first kappa shape index (κ1) is 58.4. The number of aromatic amines is 1. The van der Waals surface area contributed by atoms with E-state index >= 15 is 0 Å². The van der Waals surface area contributed by atoms with E-state index < -0.39 is 0 Å². The second kappa shape index (κ2) is 31.9. The zero-order chi connectivity index (χ0) is 53.2. The predicted octanol–water partition coefficient (Wildman–Crippen LogP) is 9.84. The SMILES string of the molecule is CNCCNC.O=Cc1ccc(-n2ccnc(NC3CCN(Cc4ccc5ccccc5c4)CC3)c2=O)cc1.O=Cc1ccc(Br)cc1.O=c1[nH]ccnc1NC1CCN(Cc2ccc3ccccc3c2)CC1.[Cu][I]. The van der Waals surface area contributed by atoms with Gasteiger partial charge >= 0.3 is 33.1 Å². The number of benzene rings is 6. The van der Waals surface area contributed by atoms with Crippen LogP contribution in [0.3, 0.4) is 0 Å². The molecule has 2 aliphatic rings. The van der Waals surface area contributed by atoms with Crippen LogP contribution in [-0.2, 0) is 25.9 Å². The van der Waals surface area contributed by atoms with Crippen molar-refractivity contribution >= 4 is 82.0 Å². The van der Waals surface area contributed by atoms with Gasteiger partial charge in [-0.05, 0) is 121 Å². The van der Waals surface area contributed by atoms with Gasteiger partial charge in [-0.2, -0.15) is 0 Å². The molecule has 4 heterocycles. The quantitative estimate of drug-likeness (QED) is 0.0303. The van der Waals surface area contributed by atoms with Gasteiger partial charge in [0.05, 0.1) is 0 Å². The monoisotopic (exact) mass is 1230 g/mol. The molecular weight excluding hydrogens is 1170 g/mol. The van der Waals surface area contributed by atoms with E-state index in [1.54, 1.807) is 86.1 Å². The summed E-state index contributed by atoms with van der Waals surface area (Å²) < 4.78 is 2.55. The van der Waals surface area contributed by atoms with Crippen LogP contribution in [0.2, 0.25) is 0 Å². The first-order chi connectivity index (χ1) is 36.7. The molecule has 5 N–H and O–H groups in total. The van der Waals surface area contributed by atoms with Crippen LogP contribution in [0.1, 0.15) is 57.5 Å². The molecule has 8 aromatic rings. The minimum absolute atomic E-state index is 0.152. The van der Waals surface area contributed by atoms with Gasteiger partial charge in [0.15, 0.2) is 11.6 Å². The number of piperidine rings is 2. The molecular formula is C58H65BrCuIN10O4. The molecule has 6 aromatic carbocycles. The summed E-state index contributed by atoms with van der Waals surface area (Å²) in [5, 5.41) is 17.8. The summed E-state index contributed by atoms with van der Waals surface area (Å²) in [6.45, 7) is 8.00. The Morgan fingerprint density at radius 1 is 0.613 bits per heavy atom. The normalized spacial score (nSPS) is 13.8. The van der Waals surface area contributed by atoms with Crippen LogP contribution < -0.4 is 32.4 Å². The molecule has 0 aliphatic carbocycles. The Morgan fingerprint density at radius 3 is 1.53 bits per heavy atom. The van der Waals surface area contributed by atoms with Crippen molar-refractivity contribution in [1.82, 2.24) is 40.0 Å². The van der Waals surface area contributed by atoms with Gasteiger partial charge in [0, 0.05) is 111 Å². The molecule has 17 heteroatoms. The van der Waals surface area contributed by atoms with Gasteiger partial charge < -0.3 is 26.3 Å². The van der Waals surface area contributed by atoms with E-state index in [9.17, 15) is 19.2 Å². The molecule has 2 saturated heterocycles. The molecule has 0 saturated carbocycles. The molecule has 2 fully saturated rings. The Morgan fingerprint density at radius 2 is 1.07 bits per heavy atom. The predicted molar refractivity (Wildman–Crippen MR) is 313 cm³/mol. The maximum atomic E-state index is 13.0. The summed E-state index contributed by atoms with van der Waals surface area (Å²) in [6.07, 6.45) is 12.0. The molecule has 0 unspecified atom stereocenters. The Hall–Kier alpha value is -5.89. The number of H-pyrrole nitrogens is 1. The molecule has 0 bridgehead atoms. The number of halogens is 2. The third-order valence-electron chi connectivity index (χ3n) is 12.8. The molecule has 2 aliphatic heterocycles. The van der Waals surface area contributed by atoms with Gasteiger partial charge in [-0.25, -0.2) is 9.97 Å². The Kier molecular flexibility index (Phi) is 24.8. The summed E-state index contributed by atoms with van der Waals surface area (Å²) in [5.74, 6) is 0.792. The number of hydrogen-bond donors (Lipinski definition) is 5. The fourth-order valence-electron chi connectivity index (χ4n) is 8.72. The number of carbonyl (C=O) groups excluding carboxylic acids is 2. The Labute approximate surface area is 467 Å². The number of likely N-dealkylation sites (tertiary alicyclic amines) is 2. The van der Waals surface area contributed by atoms with E-state index in [1.165, 1.54) is 32.7 Å². The number of carbonyl (C=O) groups is 2. The first-order valence-electron chi connectivity index (χ1n) is 24.9. The number of hydrogen-bond acceptors (Lipinski definition) is 12. The molecule has 0 radical (unpaired) electrons. The molecule has 2 aromatic heterocycles. The number of likely N-dealkylation sites (N-methyl/N-ethyl adjacent to an activating group) is 2. The van der Waals surface area contributed by atoms with Crippen molar-refractivity contribution in [3.63, 3.8) is 0 Å². The van der Waals surface area contributed by atoms with E-state index in [0.29, 0.717) is 34.5 Å². The molecule has 75 heavy (non-hydrogen) atoms. The van der Waals surface area contributed by atoms with Crippen LogP contribution in [0, 0.1) is 0 Å². The second-order valence-electron chi connectivity index (χ2n) is 18.1. The maximum absolute atomic E-state index is 13.0. The summed E-state index contributed by atoms with van der Waals surface area (Å²) in [6, 6.07) is 45.0. The van der Waals surface area contributed by atoms with Gasteiger partial charge in [-0.1, -0.05) is 101 Å². The van der Waals surface area contributed by atoms with E-state index in [2.05, 4.69) is 160 Å².